The molecule has 6 heteroatoms. The van der Waals surface area contributed by atoms with Crippen LogP contribution in [0.1, 0.15) is 18.0 Å². The first-order valence-corrected chi connectivity index (χ1v) is 6.76. The molecule has 2 aliphatic rings. The summed E-state index contributed by atoms with van der Waals surface area (Å²) in [5.41, 5.74) is 8.53. The Hall–Kier alpha value is -2.08. The zero-order valence-corrected chi connectivity index (χ0v) is 11.4. The van der Waals surface area contributed by atoms with Gasteiger partial charge in [-0.25, -0.2) is 0 Å². The number of nitrogens with zero attached hydrogens (tertiary/aromatic N) is 2. The van der Waals surface area contributed by atoms with Gasteiger partial charge in [-0.2, -0.15) is 0 Å². The van der Waals surface area contributed by atoms with Crippen molar-refractivity contribution in [2.24, 2.45) is 5.73 Å². The van der Waals surface area contributed by atoms with Gasteiger partial charge in [0.25, 0.3) is 0 Å². The summed E-state index contributed by atoms with van der Waals surface area (Å²) in [5, 5.41) is 2.85. The molecule has 3 N–H and O–H groups in total. The fourth-order valence-corrected chi connectivity index (χ4v) is 2.77. The number of nitrogens with one attached hydrogen (secondary N) is 1. The molecule has 0 aliphatic carbocycles. The lowest BCUT2D eigenvalue weighted by molar-refractivity contribution is -0.120. The summed E-state index contributed by atoms with van der Waals surface area (Å²) in [6.07, 6.45) is 0.914. The van der Waals surface area contributed by atoms with Crippen LogP contribution in [0.2, 0.25) is 0 Å². The van der Waals surface area contributed by atoms with Crippen LogP contribution in [0.4, 0.5) is 11.4 Å². The van der Waals surface area contributed by atoms with E-state index in [2.05, 4.69) is 5.32 Å². The van der Waals surface area contributed by atoms with Crippen molar-refractivity contribution >= 4 is 23.2 Å². The van der Waals surface area contributed by atoms with E-state index >= 15 is 0 Å². The molecule has 0 aromatic heterocycles. The van der Waals surface area contributed by atoms with Crippen molar-refractivity contribution in [1.29, 1.82) is 0 Å². The number of carbonyl (C=O) groups is 2. The van der Waals surface area contributed by atoms with Gasteiger partial charge in [-0.1, -0.05) is 6.07 Å². The fraction of sp³-hybridized carbons (Fsp3) is 0.429. The molecule has 106 valence electrons. The molecule has 0 radical (unpaired) electrons. The van der Waals surface area contributed by atoms with Gasteiger partial charge in [0.1, 0.15) is 6.04 Å². The summed E-state index contributed by atoms with van der Waals surface area (Å²) in [7, 11) is 1.73. The van der Waals surface area contributed by atoms with Gasteiger partial charge in [-0.15, -0.1) is 0 Å². The molecule has 6 nitrogen and oxygen atoms in total. The van der Waals surface area contributed by atoms with Crippen molar-refractivity contribution in [3.63, 3.8) is 0 Å². The van der Waals surface area contributed by atoms with Gasteiger partial charge in [-0.3, -0.25) is 9.59 Å². The normalized spacial score (nSPS) is 22.6. The zero-order valence-electron chi connectivity index (χ0n) is 11.4. The highest BCUT2D eigenvalue weighted by molar-refractivity contribution is 6.04. The SMILES string of the molecule is CN1C(=O)C(N)c2ccc(N3CCCNC(=O)C3)cc21. The lowest BCUT2D eigenvalue weighted by Crippen LogP contribution is -2.33. The topological polar surface area (TPSA) is 78.7 Å². The van der Waals surface area contributed by atoms with Crippen LogP contribution in [0.5, 0.6) is 0 Å². The highest BCUT2D eigenvalue weighted by Gasteiger charge is 2.32. The third-order valence-corrected chi connectivity index (χ3v) is 3.93. The van der Waals surface area contributed by atoms with Crippen LogP contribution >= 0.6 is 0 Å². The van der Waals surface area contributed by atoms with E-state index in [0.29, 0.717) is 13.1 Å². The summed E-state index contributed by atoms with van der Waals surface area (Å²) in [4.78, 5) is 27.1. The van der Waals surface area contributed by atoms with E-state index in [1.54, 1.807) is 11.9 Å². The Kier molecular flexibility index (Phi) is 3.10. The number of amides is 2. The summed E-state index contributed by atoms with van der Waals surface area (Å²) in [6.45, 7) is 1.88. The predicted octanol–water partition coefficient (Wildman–Crippen LogP) is -0.0109. The molecule has 1 aromatic rings. The van der Waals surface area contributed by atoms with Crippen molar-refractivity contribution in [1.82, 2.24) is 5.32 Å². The Morgan fingerprint density at radius 2 is 2.15 bits per heavy atom. The second-order valence-corrected chi connectivity index (χ2v) is 5.24. The van der Waals surface area contributed by atoms with Crippen LogP contribution in [-0.2, 0) is 9.59 Å². The number of benzene rings is 1. The summed E-state index contributed by atoms with van der Waals surface area (Å²) < 4.78 is 0. The second kappa shape index (κ2) is 4.79. The van der Waals surface area contributed by atoms with Crippen molar-refractivity contribution in [2.75, 3.05) is 36.5 Å². The van der Waals surface area contributed by atoms with Crippen molar-refractivity contribution in [3.05, 3.63) is 23.8 Å². The average molecular weight is 274 g/mol. The number of anilines is 2. The van der Waals surface area contributed by atoms with Crippen LogP contribution in [0, 0.1) is 0 Å². The largest absolute Gasteiger partial charge is 0.362 e. The highest BCUT2D eigenvalue weighted by atomic mass is 16.2. The highest BCUT2D eigenvalue weighted by Crippen LogP contribution is 2.36. The molecule has 1 unspecified atom stereocenters. The number of hydrogen-bond acceptors (Lipinski definition) is 4. The van der Waals surface area contributed by atoms with Gasteiger partial charge in [-0.05, 0) is 18.6 Å². The van der Waals surface area contributed by atoms with Gasteiger partial charge in [0.05, 0.1) is 12.2 Å². The molecule has 3 rings (SSSR count). The second-order valence-electron chi connectivity index (χ2n) is 5.24. The van der Waals surface area contributed by atoms with E-state index in [1.165, 1.54) is 0 Å². The molecule has 1 atom stereocenters. The minimum absolute atomic E-state index is 0.0316. The van der Waals surface area contributed by atoms with Crippen LogP contribution in [0.25, 0.3) is 0 Å². The monoisotopic (exact) mass is 274 g/mol. The zero-order chi connectivity index (χ0) is 14.3. The van der Waals surface area contributed by atoms with E-state index in [4.69, 9.17) is 5.73 Å². The van der Waals surface area contributed by atoms with Gasteiger partial charge >= 0.3 is 0 Å². The fourth-order valence-electron chi connectivity index (χ4n) is 2.77. The van der Waals surface area contributed by atoms with Crippen molar-refractivity contribution in [3.8, 4) is 0 Å². The maximum atomic E-state index is 11.9. The Balaban J connectivity index is 1.93. The van der Waals surface area contributed by atoms with Crippen LogP contribution in [-0.4, -0.2) is 38.5 Å². The Morgan fingerprint density at radius 1 is 1.35 bits per heavy atom. The van der Waals surface area contributed by atoms with E-state index in [0.717, 1.165) is 29.9 Å². The number of carbonyl (C=O) groups excluding carboxylic acids is 2. The number of nitrogens with two attached hydrogens (primary N) is 1. The van der Waals surface area contributed by atoms with Gasteiger partial charge in [0, 0.05) is 31.4 Å². The number of rotatable bonds is 1. The van der Waals surface area contributed by atoms with Gasteiger partial charge in [0.2, 0.25) is 11.8 Å². The Morgan fingerprint density at radius 3 is 2.95 bits per heavy atom. The van der Waals surface area contributed by atoms with Crippen LogP contribution in [0.3, 0.4) is 0 Å². The molecule has 0 bridgehead atoms. The van der Waals surface area contributed by atoms with Crippen LogP contribution < -0.4 is 20.9 Å². The maximum Gasteiger partial charge on any atom is 0.248 e. The van der Waals surface area contributed by atoms with Gasteiger partial charge in [0.15, 0.2) is 0 Å². The van der Waals surface area contributed by atoms with Crippen molar-refractivity contribution < 1.29 is 9.59 Å². The molecule has 20 heavy (non-hydrogen) atoms. The van der Waals surface area contributed by atoms with E-state index in [1.807, 2.05) is 23.1 Å². The lowest BCUT2D eigenvalue weighted by atomic mass is 10.1. The molecule has 2 amide bonds. The molecule has 1 aromatic carbocycles. The van der Waals surface area contributed by atoms with E-state index in [9.17, 15) is 9.59 Å². The molecular formula is C14H18N4O2. The molecule has 0 spiro atoms. The number of hydrogen-bond donors (Lipinski definition) is 2. The number of likely N-dealkylation sites (N-methyl/N-ethyl adjacent to an activating group) is 1. The molecule has 1 saturated heterocycles. The first-order chi connectivity index (χ1) is 9.58. The average Bonchev–Trinajstić information content (AvgIpc) is 2.64. The molecule has 2 aliphatic heterocycles. The summed E-state index contributed by atoms with van der Waals surface area (Å²) >= 11 is 0. The summed E-state index contributed by atoms with van der Waals surface area (Å²) in [6, 6.07) is 5.19. The number of fused-ring (bicyclic) bond motifs is 1. The minimum Gasteiger partial charge on any atom is -0.362 e. The van der Waals surface area contributed by atoms with Gasteiger partial charge < -0.3 is 20.9 Å². The smallest absolute Gasteiger partial charge is 0.248 e. The third-order valence-electron chi connectivity index (χ3n) is 3.93. The lowest BCUT2D eigenvalue weighted by Gasteiger charge is -2.22. The standard InChI is InChI=1S/C14H18N4O2/c1-17-11-7-9(3-4-10(11)13(15)14(17)20)18-6-2-5-16-12(19)8-18/h3-4,7,13H,2,5-6,8,15H2,1H3,(H,16,19). The maximum absolute atomic E-state index is 11.9. The van der Waals surface area contributed by atoms with Crippen LogP contribution in [0.15, 0.2) is 18.2 Å². The first-order valence-electron chi connectivity index (χ1n) is 6.76. The first kappa shape index (κ1) is 12.9. The van der Waals surface area contributed by atoms with E-state index in [-0.39, 0.29) is 11.8 Å². The Labute approximate surface area is 117 Å². The molecular weight excluding hydrogens is 256 g/mol. The molecule has 0 saturated carbocycles. The van der Waals surface area contributed by atoms with E-state index < -0.39 is 6.04 Å². The Bertz CT molecular complexity index is 572. The molecule has 2 heterocycles. The minimum atomic E-state index is -0.573. The molecule has 1 fully saturated rings. The summed E-state index contributed by atoms with van der Waals surface area (Å²) in [5.74, 6) is -0.0603. The van der Waals surface area contributed by atoms with Crippen molar-refractivity contribution in [2.45, 2.75) is 12.5 Å². The third kappa shape index (κ3) is 2.02. The predicted molar refractivity (Wildman–Crippen MR) is 76.6 cm³/mol. The quantitative estimate of drug-likeness (QED) is 0.755.